The fraction of sp³-hybridized carbons (Fsp3) is 0.200. The fourth-order valence-electron chi connectivity index (χ4n) is 2.60. The maximum Gasteiger partial charge on any atom is 0.375 e. The number of ether oxygens (including phenoxy) is 2. The normalized spacial score (nSPS) is 10.7. The van der Waals surface area contributed by atoms with Crippen LogP contribution in [0.3, 0.4) is 0 Å². The summed E-state index contributed by atoms with van der Waals surface area (Å²) in [6, 6.07) is 12.9. The number of amides is 1. The summed E-state index contributed by atoms with van der Waals surface area (Å²) in [5, 5.41) is 3.35. The number of carbonyl (C=O) groups excluding carboxylic acids is 2. The van der Waals surface area contributed by atoms with E-state index in [2.05, 4.69) is 5.32 Å². The zero-order valence-corrected chi connectivity index (χ0v) is 14.7. The lowest BCUT2D eigenvalue weighted by Gasteiger charge is -2.07. The van der Waals surface area contributed by atoms with Gasteiger partial charge < -0.3 is 19.2 Å². The van der Waals surface area contributed by atoms with Gasteiger partial charge in [0.25, 0.3) is 5.91 Å². The van der Waals surface area contributed by atoms with Crippen LogP contribution in [0.5, 0.6) is 0 Å². The van der Waals surface area contributed by atoms with Crippen molar-refractivity contribution < 1.29 is 27.9 Å². The molecule has 0 radical (unpaired) electrons. The molecule has 1 aromatic heterocycles. The zero-order chi connectivity index (χ0) is 19.2. The van der Waals surface area contributed by atoms with Gasteiger partial charge in [-0.15, -0.1) is 0 Å². The number of nitrogens with one attached hydrogen (secondary N) is 1. The monoisotopic (exact) mass is 371 g/mol. The third kappa shape index (κ3) is 4.51. The number of para-hydroxylation sites is 1. The number of esters is 1. The second kappa shape index (κ2) is 8.46. The minimum Gasteiger partial charge on any atom is -0.450 e. The molecule has 0 atom stereocenters. The molecular formula is C20H18FNO5. The Labute approximate surface area is 154 Å². The molecule has 3 aromatic rings. The molecule has 0 saturated heterocycles. The van der Waals surface area contributed by atoms with Crippen LogP contribution in [0.15, 0.2) is 52.9 Å². The first kappa shape index (κ1) is 18.6. The Hall–Kier alpha value is -3.19. The number of furan rings is 1. The molecule has 1 heterocycles. The summed E-state index contributed by atoms with van der Waals surface area (Å²) in [6.45, 7) is -0.0715. The van der Waals surface area contributed by atoms with Gasteiger partial charge in [-0.1, -0.05) is 30.3 Å². The van der Waals surface area contributed by atoms with Crippen molar-refractivity contribution in [3.05, 3.63) is 71.2 Å². The van der Waals surface area contributed by atoms with Crippen molar-refractivity contribution in [3.63, 3.8) is 0 Å². The largest absolute Gasteiger partial charge is 0.450 e. The molecule has 3 rings (SSSR count). The highest BCUT2D eigenvalue weighted by molar-refractivity contribution is 5.96. The van der Waals surface area contributed by atoms with E-state index in [0.29, 0.717) is 11.1 Å². The highest BCUT2D eigenvalue weighted by Crippen LogP contribution is 2.27. The number of hydrogen-bond acceptors (Lipinski definition) is 5. The van der Waals surface area contributed by atoms with E-state index in [-0.39, 0.29) is 24.7 Å². The Bertz CT molecular complexity index is 949. The van der Waals surface area contributed by atoms with Crippen LogP contribution >= 0.6 is 0 Å². The Balaban J connectivity index is 1.60. The number of methoxy groups -OCH3 is 1. The van der Waals surface area contributed by atoms with Crippen LogP contribution in [-0.4, -0.2) is 25.6 Å². The quantitative estimate of drug-likeness (QED) is 0.646. The number of rotatable bonds is 7. The molecular weight excluding hydrogens is 353 g/mol. The van der Waals surface area contributed by atoms with E-state index < -0.39 is 18.5 Å². The first-order valence-corrected chi connectivity index (χ1v) is 8.26. The minimum atomic E-state index is -0.741. The molecule has 0 bridgehead atoms. The smallest absolute Gasteiger partial charge is 0.375 e. The Morgan fingerprint density at radius 3 is 2.59 bits per heavy atom. The van der Waals surface area contributed by atoms with Gasteiger partial charge in [0, 0.05) is 24.6 Å². The predicted molar refractivity (Wildman–Crippen MR) is 95.5 cm³/mol. The second-order valence-corrected chi connectivity index (χ2v) is 5.82. The molecule has 2 aromatic carbocycles. The lowest BCUT2D eigenvalue weighted by Crippen LogP contribution is -2.28. The minimum absolute atomic E-state index is 0.0179. The Kier molecular flexibility index (Phi) is 5.83. The van der Waals surface area contributed by atoms with E-state index in [1.54, 1.807) is 24.3 Å². The summed E-state index contributed by atoms with van der Waals surface area (Å²) in [5.41, 5.74) is 1.85. The lowest BCUT2D eigenvalue weighted by molar-refractivity contribution is -0.124. The van der Waals surface area contributed by atoms with E-state index in [0.717, 1.165) is 10.9 Å². The third-order valence-corrected chi connectivity index (χ3v) is 3.91. The summed E-state index contributed by atoms with van der Waals surface area (Å²) in [6.07, 6.45) is 0. The Morgan fingerprint density at radius 1 is 1.11 bits per heavy atom. The summed E-state index contributed by atoms with van der Waals surface area (Å²) < 4.78 is 28.6. The topological polar surface area (TPSA) is 77.8 Å². The van der Waals surface area contributed by atoms with Gasteiger partial charge in [0.15, 0.2) is 6.61 Å². The molecule has 6 nitrogen and oxygen atoms in total. The van der Waals surface area contributed by atoms with Crippen LogP contribution in [-0.2, 0) is 27.4 Å². The maximum absolute atomic E-state index is 12.9. The summed E-state index contributed by atoms with van der Waals surface area (Å²) in [5.74, 6) is -1.55. The molecule has 0 saturated carbocycles. The highest BCUT2D eigenvalue weighted by Gasteiger charge is 2.22. The molecule has 7 heteroatoms. The van der Waals surface area contributed by atoms with Crippen LogP contribution in [0.1, 0.15) is 21.7 Å². The van der Waals surface area contributed by atoms with Gasteiger partial charge >= 0.3 is 5.97 Å². The number of halogens is 1. The lowest BCUT2D eigenvalue weighted by atomic mass is 10.1. The highest BCUT2D eigenvalue weighted by atomic mass is 19.1. The molecule has 1 N–H and O–H groups in total. The van der Waals surface area contributed by atoms with Gasteiger partial charge in [-0.3, -0.25) is 4.79 Å². The molecule has 27 heavy (non-hydrogen) atoms. The SMILES string of the molecule is COCc1c(C(=O)OCC(=O)NCc2ccc(F)cc2)oc2ccccc12. The number of hydrogen-bond donors (Lipinski definition) is 1. The van der Waals surface area contributed by atoms with Gasteiger partial charge in [0.05, 0.1) is 6.61 Å². The van der Waals surface area contributed by atoms with Crippen molar-refractivity contribution >= 4 is 22.8 Å². The van der Waals surface area contributed by atoms with Crippen molar-refractivity contribution in [2.45, 2.75) is 13.2 Å². The predicted octanol–water partition coefficient (Wildman–Crippen LogP) is 3.19. The van der Waals surface area contributed by atoms with E-state index in [1.807, 2.05) is 12.1 Å². The average molecular weight is 371 g/mol. The molecule has 0 aliphatic carbocycles. The molecule has 0 aliphatic heterocycles. The third-order valence-electron chi connectivity index (χ3n) is 3.91. The maximum atomic E-state index is 12.9. The van der Waals surface area contributed by atoms with Crippen molar-refractivity contribution in [1.82, 2.24) is 5.32 Å². The van der Waals surface area contributed by atoms with Gasteiger partial charge in [0.2, 0.25) is 5.76 Å². The fourth-order valence-corrected chi connectivity index (χ4v) is 2.60. The van der Waals surface area contributed by atoms with Crippen molar-refractivity contribution in [1.29, 1.82) is 0 Å². The van der Waals surface area contributed by atoms with E-state index in [4.69, 9.17) is 13.9 Å². The van der Waals surface area contributed by atoms with E-state index in [9.17, 15) is 14.0 Å². The molecule has 0 fully saturated rings. The standard InChI is InChI=1S/C20H18FNO5/c1-25-11-16-15-4-2-3-5-17(15)27-19(16)20(24)26-12-18(23)22-10-13-6-8-14(21)9-7-13/h2-9H,10-12H2,1H3,(H,22,23). The van der Waals surface area contributed by atoms with Crippen LogP contribution < -0.4 is 5.32 Å². The van der Waals surface area contributed by atoms with Crippen LogP contribution in [0.4, 0.5) is 4.39 Å². The van der Waals surface area contributed by atoms with Gasteiger partial charge in [-0.05, 0) is 23.8 Å². The molecule has 1 amide bonds. The summed E-state index contributed by atoms with van der Waals surface area (Å²) in [4.78, 5) is 24.2. The second-order valence-electron chi connectivity index (χ2n) is 5.82. The van der Waals surface area contributed by atoms with Gasteiger partial charge in [0.1, 0.15) is 11.4 Å². The molecule has 0 spiro atoms. The van der Waals surface area contributed by atoms with Gasteiger partial charge in [-0.25, -0.2) is 9.18 Å². The molecule has 0 unspecified atom stereocenters. The van der Waals surface area contributed by atoms with Crippen molar-refractivity contribution in [2.75, 3.05) is 13.7 Å². The van der Waals surface area contributed by atoms with E-state index in [1.165, 1.54) is 19.2 Å². The number of benzene rings is 2. The van der Waals surface area contributed by atoms with Crippen LogP contribution in [0.2, 0.25) is 0 Å². The zero-order valence-electron chi connectivity index (χ0n) is 14.7. The Morgan fingerprint density at radius 2 is 1.85 bits per heavy atom. The summed E-state index contributed by atoms with van der Waals surface area (Å²) >= 11 is 0. The van der Waals surface area contributed by atoms with Crippen LogP contribution in [0, 0.1) is 5.82 Å². The number of fused-ring (bicyclic) bond motifs is 1. The molecule has 140 valence electrons. The van der Waals surface area contributed by atoms with Gasteiger partial charge in [-0.2, -0.15) is 0 Å². The molecule has 0 aliphatic rings. The summed E-state index contributed by atoms with van der Waals surface area (Å²) in [7, 11) is 1.51. The first-order valence-electron chi connectivity index (χ1n) is 8.26. The average Bonchev–Trinajstić information content (AvgIpc) is 3.05. The number of carbonyl (C=O) groups is 2. The van der Waals surface area contributed by atoms with E-state index >= 15 is 0 Å². The first-order chi connectivity index (χ1) is 13.1. The van der Waals surface area contributed by atoms with Crippen molar-refractivity contribution in [2.24, 2.45) is 0 Å². The van der Waals surface area contributed by atoms with Crippen molar-refractivity contribution in [3.8, 4) is 0 Å². The van der Waals surface area contributed by atoms with Crippen LogP contribution in [0.25, 0.3) is 11.0 Å².